The highest BCUT2D eigenvalue weighted by atomic mass is 16.7. The van der Waals surface area contributed by atoms with Crippen LogP contribution in [0.3, 0.4) is 0 Å². The third-order valence-corrected chi connectivity index (χ3v) is 2.70. The van der Waals surface area contributed by atoms with Gasteiger partial charge in [0.1, 0.15) is 0 Å². The zero-order valence-electron chi connectivity index (χ0n) is 8.07. The van der Waals surface area contributed by atoms with Crippen LogP contribution in [0.5, 0.6) is 0 Å². The van der Waals surface area contributed by atoms with Gasteiger partial charge in [-0.3, -0.25) is 4.90 Å². The number of rotatable bonds is 4. The number of hydrogen-bond acceptors (Lipinski definition) is 4. The average Bonchev–Trinajstić information content (AvgIpc) is 2.61. The van der Waals surface area contributed by atoms with Crippen molar-refractivity contribution in [3.63, 3.8) is 0 Å². The molecule has 4 nitrogen and oxygen atoms in total. The van der Waals surface area contributed by atoms with Crippen LogP contribution in [-0.4, -0.2) is 57.3 Å². The van der Waals surface area contributed by atoms with Crippen molar-refractivity contribution in [1.82, 2.24) is 4.90 Å². The molecule has 13 heavy (non-hydrogen) atoms. The monoisotopic (exact) mass is 187 g/mol. The Morgan fingerprint density at radius 1 is 1.38 bits per heavy atom. The predicted octanol–water partition coefficient (Wildman–Crippen LogP) is 0.0800. The third kappa shape index (κ3) is 2.20. The Bertz CT molecular complexity index is 159. The summed E-state index contributed by atoms with van der Waals surface area (Å²) in [5.41, 5.74) is 0. The van der Waals surface area contributed by atoms with Crippen molar-refractivity contribution >= 4 is 0 Å². The van der Waals surface area contributed by atoms with E-state index in [9.17, 15) is 0 Å². The van der Waals surface area contributed by atoms with E-state index < -0.39 is 0 Å². The maximum atomic E-state index is 5.38. The van der Waals surface area contributed by atoms with Crippen LogP contribution >= 0.6 is 0 Å². The standard InChI is InChI=1S/C9H17NO3/c1-11-7-8-2-3-10(8)6-9-12-4-5-13-9/h8-9H,2-7H2,1H3. The summed E-state index contributed by atoms with van der Waals surface area (Å²) in [6.07, 6.45) is 1.24. The number of ether oxygens (including phenoxy) is 3. The Hall–Kier alpha value is -0.160. The van der Waals surface area contributed by atoms with Gasteiger partial charge in [-0.15, -0.1) is 0 Å². The summed E-state index contributed by atoms with van der Waals surface area (Å²) in [6, 6.07) is 0.581. The van der Waals surface area contributed by atoms with Gasteiger partial charge in [0.2, 0.25) is 0 Å². The van der Waals surface area contributed by atoms with Gasteiger partial charge in [0, 0.05) is 26.2 Å². The van der Waals surface area contributed by atoms with Crippen molar-refractivity contribution in [2.45, 2.75) is 18.8 Å². The van der Waals surface area contributed by atoms with Crippen molar-refractivity contribution in [2.24, 2.45) is 0 Å². The lowest BCUT2D eigenvalue weighted by Gasteiger charge is -2.41. The minimum Gasteiger partial charge on any atom is -0.383 e. The lowest BCUT2D eigenvalue weighted by molar-refractivity contribution is -0.0922. The molecule has 0 spiro atoms. The van der Waals surface area contributed by atoms with E-state index in [1.807, 2.05) is 0 Å². The first kappa shape index (κ1) is 9.40. The second kappa shape index (κ2) is 4.37. The summed E-state index contributed by atoms with van der Waals surface area (Å²) in [6.45, 7) is 4.36. The van der Waals surface area contributed by atoms with Crippen molar-refractivity contribution in [2.75, 3.05) is 40.0 Å². The summed E-state index contributed by atoms with van der Waals surface area (Å²) >= 11 is 0. The van der Waals surface area contributed by atoms with E-state index in [1.54, 1.807) is 7.11 Å². The topological polar surface area (TPSA) is 30.9 Å². The molecule has 1 unspecified atom stereocenters. The molecule has 0 saturated carbocycles. The van der Waals surface area contributed by atoms with E-state index in [4.69, 9.17) is 14.2 Å². The zero-order valence-corrected chi connectivity index (χ0v) is 8.07. The molecule has 0 radical (unpaired) electrons. The normalized spacial score (nSPS) is 30.7. The van der Waals surface area contributed by atoms with Gasteiger partial charge in [-0.1, -0.05) is 0 Å². The highest BCUT2D eigenvalue weighted by molar-refractivity contribution is 4.83. The van der Waals surface area contributed by atoms with Crippen LogP contribution in [0.2, 0.25) is 0 Å². The van der Waals surface area contributed by atoms with Crippen molar-refractivity contribution in [3.8, 4) is 0 Å². The van der Waals surface area contributed by atoms with Crippen molar-refractivity contribution in [1.29, 1.82) is 0 Å². The van der Waals surface area contributed by atoms with Crippen molar-refractivity contribution < 1.29 is 14.2 Å². The van der Waals surface area contributed by atoms with Gasteiger partial charge in [0.15, 0.2) is 6.29 Å². The number of nitrogens with zero attached hydrogens (tertiary/aromatic N) is 1. The van der Waals surface area contributed by atoms with E-state index in [1.165, 1.54) is 6.42 Å². The summed E-state index contributed by atoms with van der Waals surface area (Å²) in [7, 11) is 1.75. The first-order chi connectivity index (χ1) is 6.40. The molecule has 2 aliphatic rings. The molecule has 76 valence electrons. The molecule has 0 aromatic carbocycles. The summed E-state index contributed by atoms with van der Waals surface area (Å²) in [5, 5.41) is 0. The average molecular weight is 187 g/mol. The fourth-order valence-electron chi connectivity index (χ4n) is 1.82. The Morgan fingerprint density at radius 3 is 2.69 bits per heavy atom. The summed E-state index contributed by atoms with van der Waals surface area (Å²) in [4.78, 5) is 2.36. The van der Waals surface area contributed by atoms with E-state index >= 15 is 0 Å². The highest BCUT2D eigenvalue weighted by Gasteiger charge is 2.31. The molecule has 0 N–H and O–H groups in total. The largest absolute Gasteiger partial charge is 0.383 e. The van der Waals surface area contributed by atoms with Crippen LogP contribution in [0.15, 0.2) is 0 Å². The molecule has 2 saturated heterocycles. The van der Waals surface area contributed by atoms with Crippen LogP contribution in [0, 0.1) is 0 Å². The minimum absolute atomic E-state index is 0.000318. The van der Waals surface area contributed by atoms with E-state index in [2.05, 4.69) is 4.90 Å². The second-order valence-electron chi connectivity index (χ2n) is 3.56. The molecule has 0 amide bonds. The molecule has 0 aliphatic carbocycles. The van der Waals surface area contributed by atoms with Crippen LogP contribution in [0.25, 0.3) is 0 Å². The SMILES string of the molecule is COCC1CCN1CC1OCCO1. The van der Waals surface area contributed by atoms with Crippen LogP contribution in [0.4, 0.5) is 0 Å². The van der Waals surface area contributed by atoms with E-state index in [-0.39, 0.29) is 6.29 Å². The first-order valence-electron chi connectivity index (χ1n) is 4.86. The molecular formula is C9H17NO3. The molecule has 0 aromatic rings. The van der Waals surface area contributed by atoms with Gasteiger partial charge in [0.25, 0.3) is 0 Å². The fraction of sp³-hybridized carbons (Fsp3) is 1.00. The molecule has 2 aliphatic heterocycles. The molecule has 0 aromatic heterocycles. The lowest BCUT2D eigenvalue weighted by atomic mass is 10.0. The van der Waals surface area contributed by atoms with Crippen LogP contribution < -0.4 is 0 Å². The van der Waals surface area contributed by atoms with E-state index in [0.717, 1.165) is 32.9 Å². The van der Waals surface area contributed by atoms with Gasteiger partial charge in [-0.2, -0.15) is 0 Å². The van der Waals surface area contributed by atoms with Gasteiger partial charge < -0.3 is 14.2 Å². The molecule has 2 fully saturated rings. The maximum Gasteiger partial charge on any atom is 0.170 e. The van der Waals surface area contributed by atoms with Crippen molar-refractivity contribution in [3.05, 3.63) is 0 Å². The lowest BCUT2D eigenvalue weighted by Crippen LogP contribution is -2.52. The zero-order chi connectivity index (χ0) is 9.10. The van der Waals surface area contributed by atoms with Gasteiger partial charge in [0.05, 0.1) is 19.8 Å². The smallest absolute Gasteiger partial charge is 0.170 e. The summed E-state index contributed by atoms with van der Waals surface area (Å²) in [5.74, 6) is 0. The van der Waals surface area contributed by atoms with Crippen LogP contribution in [0.1, 0.15) is 6.42 Å². The number of likely N-dealkylation sites (tertiary alicyclic amines) is 1. The molecule has 2 rings (SSSR count). The summed E-state index contributed by atoms with van der Waals surface area (Å²) < 4.78 is 15.9. The number of hydrogen-bond donors (Lipinski definition) is 0. The molecular weight excluding hydrogens is 170 g/mol. The molecule has 1 atom stereocenters. The van der Waals surface area contributed by atoms with Gasteiger partial charge in [-0.05, 0) is 6.42 Å². The fourth-order valence-corrected chi connectivity index (χ4v) is 1.82. The predicted molar refractivity (Wildman–Crippen MR) is 47.5 cm³/mol. The molecule has 0 bridgehead atoms. The third-order valence-electron chi connectivity index (χ3n) is 2.70. The first-order valence-corrected chi connectivity index (χ1v) is 4.86. The Morgan fingerprint density at radius 2 is 2.15 bits per heavy atom. The Balaban J connectivity index is 1.69. The quantitative estimate of drug-likeness (QED) is 0.623. The minimum atomic E-state index is -0.000318. The maximum absolute atomic E-state index is 5.38. The molecule has 4 heteroatoms. The number of methoxy groups -OCH3 is 1. The van der Waals surface area contributed by atoms with Gasteiger partial charge in [-0.25, -0.2) is 0 Å². The Kier molecular flexibility index (Phi) is 3.16. The van der Waals surface area contributed by atoms with E-state index in [0.29, 0.717) is 6.04 Å². The highest BCUT2D eigenvalue weighted by Crippen LogP contribution is 2.19. The van der Waals surface area contributed by atoms with Crippen LogP contribution in [-0.2, 0) is 14.2 Å². The van der Waals surface area contributed by atoms with Gasteiger partial charge >= 0.3 is 0 Å². The Labute approximate surface area is 78.7 Å². The second-order valence-corrected chi connectivity index (χ2v) is 3.56. The molecule has 2 heterocycles.